The highest BCUT2D eigenvalue weighted by molar-refractivity contribution is 5.44. The van der Waals surface area contributed by atoms with Crippen LogP contribution < -0.4 is 10.6 Å². The van der Waals surface area contributed by atoms with Crippen LogP contribution in [0.15, 0.2) is 28.9 Å². The summed E-state index contributed by atoms with van der Waals surface area (Å²) in [7, 11) is 2.04. The molecule has 0 unspecified atom stereocenters. The molecule has 2 aromatic heterocycles. The highest BCUT2D eigenvalue weighted by atomic mass is 16.3. The third-order valence-electron chi connectivity index (χ3n) is 3.64. The molecular weight excluding hydrogens is 262 g/mol. The van der Waals surface area contributed by atoms with Crippen LogP contribution in [-0.2, 0) is 18.5 Å². The highest BCUT2D eigenvalue weighted by Gasteiger charge is 2.18. The first-order valence-electron chi connectivity index (χ1n) is 7.27. The Morgan fingerprint density at radius 3 is 2.52 bits per heavy atom. The van der Waals surface area contributed by atoms with Crippen molar-refractivity contribution in [3.05, 3.63) is 47.0 Å². The van der Waals surface area contributed by atoms with Crippen molar-refractivity contribution in [3.8, 4) is 0 Å². The lowest BCUT2D eigenvalue weighted by Crippen LogP contribution is -2.22. The first-order chi connectivity index (χ1) is 9.81. The van der Waals surface area contributed by atoms with Crippen molar-refractivity contribution in [2.24, 2.45) is 5.73 Å². The van der Waals surface area contributed by atoms with Crippen molar-refractivity contribution < 1.29 is 4.42 Å². The molecule has 21 heavy (non-hydrogen) atoms. The van der Waals surface area contributed by atoms with Gasteiger partial charge in [0.05, 0.1) is 6.26 Å². The fraction of sp³-hybridized carbons (Fsp3) is 0.471. The van der Waals surface area contributed by atoms with Gasteiger partial charge in [-0.05, 0) is 30.7 Å². The van der Waals surface area contributed by atoms with E-state index in [2.05, 4.69) is 37.8 Å². The molecule has 0 bridgehead atoms. The van der Waals surface area contributed by atoms with E-state index in [9.17, 15) is 0 Å². The molecule has 114 valence electrons. The van der Waals surface area contributed by atoms with Crippen LogP contribution in [0, 0.1) is 6.92 Å². The van der Waals surface area contributed by atoms with E-state index in [4.69, 9.17) is 15.1 Å². The number of rotatable bonds is 4. The average Bonchev–Trinajstić information content (AvgIpc) is 2.82. The lowest BCUT2D eigenvalue weighted by molar-refractivity contribution is 0.529. The predicted octanol–water partition coefficient (Wildman–Crippen LogP) is 3.38. The molecule has 0 spiro atoms. The third-order valence-corrected chi connectivity index (χ3v) is 3.64. The van der Waals surface area contributed by atoms with E-state index in [1.807, 2.05) is 20.0 Å². The van der Waals surface area contributed by atoms with Gasteiger partial charge in [-0.15, -0.1) is 0 Å². The molecule has 2 rings (SSSR count). The maximum atomic E-state index is 5.83. The molecule has 0 aliphatic carbocycles. The second kappa shape index (κ2) is 5.90. The van der Waals surface area contributed by atoms with E-state index in [1.165, 1.54) is 5.56 Å². The van der Waals surface area contributed by atoms with E-state index in [0.29, 0.717) is 6.54 Å². The van der Waals surface area contributed by atoms with E-state index < -0.39 is 0 Å². The molecule has 2 N–H and O–H groups in total. The number of hydrogen-bond acceptors (Lipinski definition) is 4. The zero-order valence-electron chi connectivity index (χ0n) is 13.6. The SMILES string of the molecule is Cc1occc1CN(C)c1cc(CN)cc(C(C)(C)C)n1. The summed E-state index contributed by atoms with van der Waals surface area (Å²) in [6.07, 6.45) is 1.73. The summed E-state index contributed by atoms with van der Waals surface area (Å²) in [4.78, 5) is 6.93. The van der Waals surface area contributed by atoms with Gasteiger partial charge in [-0.3, -0.25) is 0 Å². The van der Waals surface area contributed by atoms with Gasteiger partial charge < -0.3 is 15.1 Å². The molecule has 0 atom stereocenters. The molecular formula is C17H25N3O. The van der Waals surface area contributed by atoms with Gasteiger partial charge in [-0.1, -0.05) is 20.8 Å². The summed E-state index contributed by atoms with van der Waals surface area (Å²) in [6, 6.07) is 6.16. The van der Waals surface area contributed by atoms with Crippen molar-refractivity contribution in [1.29, 1.82) is 0 Å². The van der Waals surface area contributed by atoms with Gasteiger partial charge in [0.25, 0.3) is 0 Å². The van der Waals surface area contributed by atoms with Crippen LogP contribution in [0.4, 0.5) is 5.82 Å². The second-order valence-electron chi connectivity index (χ2n) is 6.53. The van der Waals surface area contributed by atoms with Crippen molar-refractivity contribution in [2.75, 3.05) is 11.9 Å². The number of nitrogens with two attached hydrogens (primary N) is 1. The molecule has 0 amide bonds. The Morgan fingerprint density at radius 2 is 2.00 bits per heavy atom. The van der Waals surface area contributed by atoms with Crippen LogP contribution in [0.5, 0.6) is 0 Å². The smallest absolute Gasteiger partial charge is 0.129 e. The highest BCUT2D eigenvalue weighted by Crippen LogP contribution is 2.25. The number of nitrogens with zero attached hydrogens (tertiary/aromatic N) is 2. The minimum Gasteiger partial charge on any atom is -0.469 e. The fourth-order valence-electron chi connectivity index (χ4n) is 2.18. The number of anilines is 1. The van der Waals surface area contributed by atoms with E-state index in [1.54, 1.807) is 6.26 Å². The summed E-state index contributed by atoms with van der Waals surface area (Å²) >= 11 is 0. The molecule has 4 heteroatoms. The van der Waals surface area contributed by atoms with Crippen LogP contribution in [0.1, 0.15) is 43.4 Å². The van der Waals surface area contributed by atoms with E-state index in [0.717, 1.165) is 29.4 Å². The van der Waals surface area contributed by atoms with Gasteiger partial charge >= 0.3 is 0 Å². The standard InChI is InChI=1S/C17H25N3O/c1-12-14(6-7-21-12)11-20(5)16-9-13(10-18)8-15(19-16)17(2,3)4/h6-9H,10-11,18H2,1-5H3. The van der Waals surface area contributed by atoms with Crippen LogP contribution in [-0.4, -0.2) is 12.0 Å². The first kappa shape index (κ1) is 15.6. The number of furan rings is 1. The fourth-order valence-corrected chi connectivity index (χ4v) is 2.18. The van der Waals surface area contributed by atoms with Gasteiger partial charge in [0, 0.05) is 36.8 Å². The zero-order valence-corrected chi connectivity index (χ0v) is 13.6. The van der Waals surface area contributed by atoms with Crippen LogP contribution >= 0.6 is 0 Å². The Balaban J connectivity index is 2.32. The molecule has 0 saturated heterocycles. The van der Waals surface area contributed by atoms with Gasteiger partial charge in [0.15, 0.2) is 0 Å². The minimum absolute atomic E-state index is 0.00628. The number of pyridine rings is 1. The summed E-state index contributed by atoms with van der Waals surface area (Å²) in [5.74, 6) is 1.90. The summed E-state index contributed by atoms with van der Waals surface area (Å²) in [6.45, 7) is 9.77. The Hall–Kier alpha value is -1.81. The Bertz CT molecular complexity index is 611. The molecule has 0 saturated carbocycles. The Morgan fingerprint density at radius 1 is 1.29 bits per heavy atom. The molecule has 2 heterocycles. The van der Waals surface area contributed by atoms with Crippen molar-refractivity contribution >= 4 is 5.82 Å². The predicted molar refractivity (Wildman–Crippen MR) is 86.4 cm³/mol. The van der Waals surface area contributed by atoms with Crippen molar-refractivity contribution in [3.63, 3.8) is 0 Å². The maximum Gasteiger partial charge on any atom is 0.129 e. The first-order valence-corrected chi connectivity index (χ1v) is 7.27. The lowest BCUT2D eigenvalue weighted by Gasteiger charge is -2.24. The number of aryl methyl sites for hydroxylation is 1. The third kappa shape index (κ3) is 3.64. The largest absolute Gasteiger partial charge is 0.469 e. The second-order valence-corrected chi connectivity index (χ2v) is 6.53. The molecule has 0 fully saturated rings. The van der Waals surface area contributed by atoms with Crippen molar-refractivity contribution in [2.45, 2.75) is 46.2 Å². The molecule has 0 aliphatic heterocycles. The van der Waals surface area contributed by atoms with E-state index in [-0.39, 0.29) is 5.41 Å². The van der Waals surface area contributed by atoms with Crippen LogP contribution in [0.3, 0.4) is 0 Å². The maximum absolute atomic E-state index is 5.83. The summed E-state index contributed by atoms with van der Waals surface area (Å²) in [5.41, 5.74) is 9.19. The Labute approximate surface area is 127 Å². The van der Waals surface area contributed by atoms with Gasteiger partial charge in [0.2, 0.25) is 0 Å². The topological polar surface area (TPSA) is 55.3 Å². The number of hydrogen-bond donors (Lipinski definition) is 1. The average molecular weight is 287 g/mol. The normalized spacial score (nSPS) is 11.7. The molecule has 2 aromatic rings. The number of aromatic nitrogens is 1. The quantitative estimate of drug-likeness (QED) is 0.936. The molecule has 4 nitrogen and oxygen atoms in total. The van der Waals surface area contributed by atoms with Crippen molar-refractivity contribution in [1.82, 2.24) is 4.98 Å². The zero-order chi connectivity index (χ0) is 15.6. The molecule has 0 aromatic carbocycles. The molecule has 0 aliphatic rings. The minimum atomic E-state index is 0.00628. The van der Waals surface area contributed by atoms with E-state index >= 15 is 0 Å². The Kier molecular flexibility index (Phi) is 4.37. The summed E-state index contributed by atoms with van der Waals surface area (Å²) in [5, 5.41) is 0. The van der Waals surface area contributed by atoms with Gasteiger partial charge in [-0.2, -0.15) is 0 Å². The van der Waals surface area contributed by atoms with Gasteiger partial charge in [0.1, 0.15) is 11.6 Å². The monoisotopic (exact) mass is 287 g/mol. The molecule has 0 radical (unpaired) electrons. The summed E-state index contributed by atoms with van der Waals surface area (Å²) < 4.78 is 5.36. The lowest BCUT2D eigenvalue weighted by atomic mass is 9.90. The van der Waals surface area contributed by atoms with Crippen LogP contribution in [0.2, 0.25) is 0 Å². The van der Waals surface area contributed by atoms with Gasteiger partial charge in [-0.25, -0.2) is 4.98 Å². The van der Waals surface area contributed by atoms with Crippen LogP contribution in [0.25, 0.3) is 0 Å².